The van der Waals surface area contributed by atoms with Crippen LogP contribution in [-0.2, 0) is 0 Å². The molecule has 0 unspecified atom stereocenters. The van der Waals surface area contributed by atoms with Crippen LogP contribution in [0.25, 0.3) is 179 Å². The lowest BCUT2D eigenvalue weighted by atomic mass is 9.97. The van der Waals surface area contributed by atoms with Crippen molar-refractivity contribution in [3.63, 3.8) is 0 Å². The Bertz CT molecular complexity index is 5720. The number of hydrogen-bond donors (Lipinski definition) is 0. The maximum atomic E-state index is 6.59. The van der Waals surface area contributed by atoms with Crippen molar-refractivity contribution < 1.29 is 8.83 Å². The topological polar surface area (TPSA) is 129 Å². The third-order valence-electron chi connectivity index (χ3n) is 17.1. The maximum absolute atomic E-state index is 6.59. The molecule has 10 heteroatoms. The van der Waals surface area contributed by atoms with Crippen LogP contribution in [0, 0.1) is 0 Å². The fraction of sp³-hybridized carbons (Fsp3) is 0. The number of para-hydroxylation sites is 4. The zero-order valence-corrected chi connectivity index (χ0v) is 50.4. The Morgan fingerprint density at radius 3 is 0.862 bits per heavy atom. The van der Waals surface area contributed by atoms with Gasteiger partial charge >= 0.3 is 0 Å². The van der Waals surface area contributed by atoms with E-state index in [0.717, 1.165) is 144 Å². The molecule has 0 N–H and O–H groups in total. The van der Waals surface area contributed by atoms with Gasteiger partial charge in [-0.15, -0.1) is 0 Å². The summed E-state index contributed by atoms with van der Waals surface area (Å²) in [5.74, 6) is 3.72. The standard InChI is InChI=1S/2C42H26N4O/c1-4-14-27(15-5-1)32-23-13-24-34-38(32)43-37(36-33-22-10-11-25-35(33)47-39(34)36)30-20-12-21-31(26-30)42-45-40(28-16-6-2-7-17-28)44-41(46-42)29-18-8-3-9-19-29;1-4-13-27(14-5-1)32-20-12-21-34-38(32)43-37(36-33-19-10-11-22-35(33)47-39(34)36)28-23-25-31(26-24-28)42-45-40(29-15-6-2-7-16-29)44-41(46-42)30-17-8-3-9-18-30/h2*1-26H. The molecule has 0 fully saturated rings. The molecule has 6 heterocycles. The summed E-state index contributed by atoms with van der Waals surface area (Å²) in [6, 6.07) is 106. The van der Waals surface area contributed by atoms with Crippen LogP contribution in [-0.4, -0.2) is 39.9 Å². The number of aromatic nitrogens is 8. The van der Waals surface area contributed by atoms with Crippen molar-refractivity contribution in [2.45, 2.75) is 0 Å². The summed E-state index contributed by atoms with van der Waals surface area (Å²) in [5, 5.41) is 6.03. The third kappa shape index (κ3) is 10.2. The zero-order valence-electron chi connectivity index (χ0n) is 50.4. The van der Waals surface area contributed by atoms with Gasteiger partial charge in [-0.1, -0.05) is 285 Å². The fourth-order valence-electron chi connectivity index (χ4n) is 12.5. The van der Waals surface area contributed by atoms with Gasteiger partial charge in [0.25, 0.3) is 0 Å². The molecule has 0 amide bonds. The molecule has 10 nitrogen and oxygen atoms in total. The van der Waals surface area contributed by atoms with E-state index in [1.165, 1.54) is 0 Å². The average Bonchev–Trinajstić information content (AvgIpc) is 1.53. The Labute approximate surface area is 540 Å². The predicted molar refractivity (Wildman–Crippen MR) is 379 cm³/mol. The monoisotopic (exact) mass is 1200 g/mol. The Hall–Kier alpha value is -12.9. The number of pyridine rings is 2. The molecule has 440 valence electrons. The lowest BCUT2D eigenvalue weighted by molar-refractivity contribution is 0.672. The molecular formula is C84H52N8O2. The van der Waals surface area contributed by atoms with Crippen molar-refractivity contribution in [3.8, 4) is 113 Å². The highest BCUT2D eigenvalue weighted by Gasteiger charge is 2.23. The number of fused-ring (bicyclic) bond motifs is 10. The molecule has 0 bridgehead atoms. The van der Waals surface area contributed by atoms with Crippen LogP contribution in [0.2, 0.25) is 0 Å². The second kappa shape index (κ2) is 23.8. The van der Waals surface area contributed by atoms with Crippen LogP contribution in [0.5, 0.6) is 0 Å². The van der Waals surface area contributed by atoms with E-state index in [1.807, 2.05) is 182 Å². The minimum absolute atomic E-state index is 0.596. The molecule has 0 saturated heterocycles. The van der Waals surface area contributed by atoms with Gasteiger partial charge in [0.15, 0.2) is 34.9 Å². The minimum atomic E-state index is 0.596. The van der Waals surface area contributed by atoms with E-state index in [4.69, 9.17) is 48.7 Å². The maximum Gasteiger partial charge on any atom is 0.164 e. The highest BCUT2D eigenvalue weighted by atomic mass is 16.3. The molecule has 0 radical (unpaired) electrons. The van der Waals surface area contributed by atoms with Gasteiger partial charge in [0, 0.05) is 77.2 Å². The number of hydrogen-bond acceptors (Lipinski definition) is 10. The molecular weight excluding hydrogens is 1150 g/mol. The van der Waals surface area contributed by atoms with Gasteiger partial charge in [-0.25, -0.2) is 39.9 Å². The van der Waals surface area contributed by atoms with Crippen molar-refractivity contribution >= 4 is 65.7 Å². The summed E-state index contributed by atoms with van der Waals surface area (Å²) in [4.78, 5) is 40.3. The first-order chi connectivity index (χ1) is 46.6. The van der Waals surface area contributed by atoms with E-state index in [1.54, 1.807) is 0 Å². The third-order valence-corrected chi connectivity index (χ3v) is 17.1. The first kappa shape index (κ1) is 55.2. The number of benzene rings is 12. The predicted octanol–water partition coefficient (Wildman–Crippen LogP) is 21.3. The lowest BCUT2D eigenvalue weighted by Crippen LogP contribution is -2.00. The molecule has 0 saturated carbocycles. The van der Waals surface area contributed by atoms with E-state index in [2.05, 4.69) is 133 Å². The molecule has 18 rings (SSSR count). The van der Waals surface area contributed by atoms with Gasteiger partial charge in [-0.2, -0.15) is 0 Å². The smallest absolute Gasteiger partial charge is 0.164 e. The van der Waals surface area contributed by atoms with Crippen molar-refractivity contribution in [1.82, 2.24) is 39.9 Å². The second-order valence-electron chi connectivity index (χ2n) is 22.9. The summed E-state index contributed by atoms with van der Waals surface area (Å²) in [6.45, 7) is 0. The molecule has 0 atom stereocenters. The molecule has 6 aromatic heterocycles. The Balaban J connectivity index is 0.000000143. The summed E-state index contributed by atoms with van der Waals surface area (Å²) in [5.41, 5.74) is 18.6. The van der Waals surface area contributed by atoms with E-state index >= 15 is 0 Å². The summed E-state index contributed by atoms with van der Waals surface area (Å²) in [6.07, 6.45) is 0. The van der Waals surface area contributed by atoms with Crippen LogP contribution in [0.1, 0.15) is 0 Å². The highest BCUT2D eigenvalue weighted by Crippen LogP contribution is 2.45. The van der Waals surface area contributed by atoms with Crippen LogP contribution < -0.4 is 0 Å². The van der Waals surface area contributed by atoms with Crippen LogP contribution in [0.4, 0.5) is 0 Å². The SMILES string of the molecule is c1ccc(-c2nc(-c3ccccc3)nc(-c3ccc(-c4nc5c(-c6ccccc6)cccc5c5oc6ccccc6c45)cc3)n2)cc1.c1ccc(-c2nc(-c3ccccc3)nc(-c3cccc(-c4nc5c(-c6ccccc6)cccc5c5oc6ccccc6c45)c3)n2)cc1. The van der Waals surface area contributed by atoms with Crippen molar-refractivity contribution in [2.75, 3.05) is 0 Å². The van der Waals surface area contributed by atoms with Gasteiger partial charge in [0.1, 0.15) is 22.3 Å². The van der Waals surface area contributed by atoms with Gasteiger partial charge in [-0.3, -0.25) is 0 Å². The fourth-order valence-corrected chi connectivity index (χ4v) is 12.5. The molecule has 0 aliphatic rings. The highest BCUT2D eigenvalue weighted by molar-refractivity contribution is 6.22. The molecule has 12 aromatic carbocycles. The minimum Gasteiger partial charge on any atom is -0.455 e. The van der Waals surface area contributed by atoms with Crippen LogP contribution in [0.3, 0.4) is 0 Å². The Morgan fingerprint density at radius 2 is 0.468 bits per heavy atom. The van der Waals surface area contributed by atoms with E-state index in [0.29, 0.717) is 34.9 Å². The first-order valence-corrected chi connectivity index (χ1v) is 31.1. The molecule has 0 aliphatic heterocycles. The Morgan fingerprint density at radius 1 is 0.191 bits per heavy atom. The zero-order chi connectivity index (χ0) is 62.3. The van der Waals surface area contributed by atoms with E-state index in [-0.39, 0.29) is 0 Å². The normalized spacial score (nSPS) is 11.4. The summed E-state index contributed by atoms with van der Waals surface area (Å²) >= 11 is 0. The van der Waals surface area contributed by atoms with Gasteiger partial charge in [-0.05, 0) is 41.5 Å². The van der Waals surface area contributed by atoms with Gasteiger partial charge in [0.05, 0.1) is 33.2 Å². The summed E-state index contributed by atoms with van der Waals surface area (Å²) in [7, 11) is 0. The largest absolute Gasteiger partial charge is 0.455 e. The number of rotatable bonds is 10. The van der Waals surface area contributed by atoms with Gasteiger partial charge in [0.2, 0.25) is 0 Å². The molecule has 18 aromatic rings. The quantitative estimate of drug-likeness (QED) is 0.130. The van der Waals surface area contributed by atoms with Crippen LogP contribution in [0.15, 0.2) is 324 Å². The number of nitrogens with zero attached hydrogens (tertiary/aromatic N) is 8. The van der Waals surface area contributed by atoms with E-state index < -0.39 is 0 Å². The molecule has 94 heavy (non-hydrogen) atoms. The number of furan rings is 2. The van der Waals surface area contributed by atoms with Crippen molar-refractivity contribution in [1.29, 1.82) is 0 Å². The van der Waals surface area contributed by atoms with Crippen LogP contribution >= 0.6 is 0 Å². The Kier molecular flexibility index (Phi) is 14.0. The van der Waals surface area contributed by atoms with Gasteiger partial charge < -0.3 is 8.83 Å². The molecule has 0 spiro atoms. The first-order valence-electron chi connectivity index (χ1n) is 31.1. The average molecular weight is 1210 g/mol. The van der Waals surface area contributed by atoms with E-state index in [9.17, 15) is 0 Å². The summed E-state index contributed by atoms with van der Waals surface area (Å²) < 4.78 is 13.1. The van der Waals surface area contributed by atoms with Crippen molar-refractivity contribution in [3.05, 3.63) is 315 Å². The van der Waals surface area contributed by atoms with Crippen molar-refractivity contribution in [2.24, 2.45) is 0 Å². The lowest BCUT2D eigenvalue weighted by Gasteiger charge is -2.12. The second-order valence-corrected chi connectivity index (χ2v) is 22.9. The molecule has 0 aliphatic carbocycles.